The van der Waals surface area contributed by atoms with Gasteiger partial charge in [-0.3, -0.25) is 14.7 Å². The number of primary amides is 1. The van der Waals surface area contributed by atoms with Crippen LogP contribution in [-0.2, 0) is 11.3 Å². The van der Waals surface area contributed by atoms with Crippen molar-refractivity contribution in [3.05, 3.63) is 28.5 Å². The van der Waals surface area contributed by atoms with Crippen molar-refractivity contribution in [2.45, 2.75) is 6.54 Å². The molecule has 15 heavy (non-hydrogen) atoms. The van der Waals surface area contributed by atoms with Crippen LogP contribution in [0.3, 0.4) is 0 Å². The van der Waals surface area contributed by atoms with Crippen LogP contribution in [0.1, 0.15) is 5.69 Å². The van der Waals surface area contributed by atoms with E-state index in [2.05, 4.69) is 25.8 Å². The fourth-order valence-electron chi connectivity index (χ4n) is 1.61. The molecule has 4 nitrogen and oxygen atoms in total. The van der Waals surface area contributed by atoms with Gasteiger partial charge < -0.3 is 5.73 Å². The number of hydrogen-bond donors (Lipinski definition) is 1. The molecule has 0 aromatic carbocycles. The number of rotatable bonds is 3. The average Bonchev–Trinajstić information content (AvgIpc) is 2.13. The minimum atomic E-state index is -0.199. The van der Waals surface area contributed by atoms with Crippen molar-refractivity contribution in [2.24, 2.45) is 11.7 Å². The summed E-state index contributed by atoms with van der Waals surface area (Å²) < 4.78 is 0.977. The zero-order chi connectivity index (χ0) is 10.8. The van der Waals surface area contributed by atoms with Crippen molar-refractivity contribution in [1.82, 2.24) is 9.88 Å². The van der Waals surface area contributed by atoms with E-state index in [1.807, 2.05) is 12.1 Å². The van der Waals surface area contributed by atoms with Crippen molar-refractivity contribution in [1.29, 1.82) is 0 Å². The number of nitrogens with zero attached hydrogens (tertiary/aromatic N) is 2. The summed E-state index contributed by atoms with van der Waals surface area (Å²) >= 11 is 3.33. The normalized spacial score (nSPS) is 17.4. The first-order chi connectivity index (χ1) is 7.15. The molecule has 0 unspecified atom stereocenters. The number of aromatic nitrogens is 1. The van der Waals surface area contributed by atoms with Crippen LogP contribution in [0.25, 0.3) is 0 Å². The first-order valence-corrected chi connectivity index (χ1v) is 5.56. The molecule has 2 rings (SSSR count). The summed E-state index contributed by atoms with van der Waals surface area (Å²) in [5, 5.41) is 0. The number of halogens is 1. The van der Waals surface area contributed by atoms with Gasteiger partial charge >= 0.3 is 0 Å². The third-order valence-corrected chi connectivity index (χ3v) is 3.00. The molecule has 80 valence electrons. The molecule has 1 aromatic rings. The molecule has 1 aromatic heterocycles. The van der Waals surface area contributed by atoms with Gasteiger partial charge in [-0.05, 0) is 28.1 Å². The van der Waals surface area contributed by atoms with Crippen LogP contribution in [0, 0.1) is 5.92 Å². The fourth-order valence-corrected chi connectivity index (χ4v) is 1.84. The Hall–Kier alpha value is -0.940. The number of hydrogen-bond acceptors (Lipinski definition) is 3. The van der Waals surface area contributed by atoms with Gasteiger partial charge in [-0.15, -0.1) is 0 Å². The number of carbonyl (C=O) groups excluding carboxylic acids is 1. The maximum atomic E-state index is 10.8. The van der Waals surface area contributed by atoms with Crippen LogP contribution >= 0.6 is 15.9 Å². The average molecular weight is 270 g/mol. The Morgan fingerprint density at radius 3 is 2.87 bits per heavy atom. The predicted molar refractivity (Wildman–Crippen MR) is 59.9 cm³/mol. The molecule has 1 amide bonds. The topological polar surface area (TPSA) is 59.2 Å². The highest BCUT2D eigenvalue weighted by Gasteiger charge is 2.30. The van der Waals surface area contributed by atoms with E-state index in [0.717, 1.165) is 29.8 Å². The van der Waals surface area contributed by atoms with Crippen molar-refractivity contribution < 1.29 is 4.79 Å². The van der Waals surface area contributed by atoms with E-state index in [9.17, 15) is 4.79 Å². The van der Waals surface area contributed by atoms with Gasteiger partial charge in [0.1, 0.15) is 0 Å². The third-order valence-electron chi connectivity index (χ3n) is 2.53. The summed E-state index contributed by atoms with van der Waals surface area (Å²) in [6.07, 6.45) is 1.78. The summed E-state index contributed by atoms with van der Waals surface area (Å²) in [4.78, 5) is 17.2. The van der Waals surface area contributed by atoms with Gasteiger partial charge in [-0.25, -0.2) is 0 Å². The van der Waals surface area contributed by atoms with Gasteiger partial charge in [0.25, 0.3) is 0 Å². The minimum Gasteiger partial charge on any atom is -0.369 e. The number of likely N-dealkylation sites (tertiary alicyclic amines) is 1. The molecule has 1 aliphatic heterocycles. The molecule has 0 saturated carbocycles. The number of nitrogens with two attached hydrogens (primary N) is 1. The Bertz CT molecular complexity index is 359. The second-order valence-corrected chi connectivity index (χ2v) is 4.68. The van der Waals surface area contributed by atoms with Crippen LogP contribution in [0.5, 0.6) is 0 Å². The molecule has 0 atom stereocenters. The molecular weight excluding hydrogens is 258 g/mol. The third kappa shape index (κ3) is 2.54. The van der Waals surface area contributed by atoms with Crippen LogP contribution in [0.15, 0.2) is 22.8 Å². The van der Waals surface area contributed by atoms with Crippen molar-refractivity contribution in [3.8, 4) is 0 Å². The maximum Gasteiger partial charge on any atom is 0.223 e. The molecule has 5 heteroatoms. The van der Waals surface area contributed by atoms with Gasteiger partial charge in [0.05, 0.1) is 11.6 Å². The van der Waals surface area contributed by atoms with Crippen molar-refractivity contribution in [3.63, 3.8) is 0 Å². The highest BCUT2D eigenvalue weighted by atomic mass is 79.9. The largest absolute Gasteiger partial charge is 0.369 e. The fraction of sp³-hybridized carbons (Fsp3) is 0.400. The lowest BCUT2D eigenvalue weighted by Gasteiger charge is -2.36. The lowest BCUT2D eigenvalue weighted by Crippen LogP contribution is -2.51. The highest BCUT2D eigenvalue weighted by Crippen LogP contribution is 2.17. The first-order valence-electron chi connectivity index (χ1n) is 4.77. The lowest BCUT2D eigenvalue weighted by molar-refractivity contribution is -0.127. The van der Waals surface area contributed by atoms with E-state index in [-0.39, 0.29) is 11.8 Å². The van der Waals surface area contributed by atoms with Crippen LogP contribution in [0.4, 0.5) is 0 Å². The maximum absolute atomic E-state index is 10.8. The van der Waals surface area contributed by atoms with E-state index < -0.39 is 0 Å². The molecule has 0 aliphatic carbocycles. The summed E-state index contributed by atoms with van der Waals surface area (Å²) in [7, 11) is 0. The summed E-state index contributed by atoms with van der Waals surface area (Å²) in [6, 6.07) is 3.94. The zero-order valence-corrected chi connectivity index (χ0v) is 9.77. The van der Waals surface area contributed by atoms with E-state index in [0.29, 0.717) is 0 Å². The van der Waals surface area contributed by atoms with Gasteiger partial charge in [0.2, 0.25) is 5.91 Å². The smallest absolute Gasteiger partial charge is 0.223 e. The second kappa shape index (κ2) is 4.28. The molecule has 2 N–H and O–H groups in total. The summed E-state index contributed by atoms with van der Waals surface area (Å²) in [5.41, 5.74) is 6.20. The highest BCUT2D eigenvalue weighted by molar-refractivity contribution is 9.10. The zero-order valence-electron chi connectivity index (χ0n) is 8.19. The Morgan fingerprint density at radius 2 is 2.33 bits per heavy atom. The lowest BCUT2D eigenvalue weighted by atomic mass is 9.99. The van der Waals surface area contributed by atoms with E-state index in [1.165, 1.54) is 0 Å². The summed E-state index contributed by atoms with van der Waals surface area (Å²) in [6.45, 7) is 2.30. The Labute approximate surface area is 96.6 Å². The van der Waals surface area contributed by atoms with Crippen LogP contribution in [0.2, 0.25) is 0 Å². The standard InChI is InChI=1S/C10H12BrN3O/c11-8-1-2-9(13-3-8)6-14-4-7(5-14)10(12)15/h1-3,7H,4-6H2,(H2,12,15). The number of pyridine rings is 1. The van der Waals surface area contributed by atoms with E-state index in [1.54, 1.807) is 6.20 Å². The van der Waals surface area contributed by atoms with E-state index in [4.69, 9.17) is 5.73 Å². The monoisotopic (exact) mass is 269 g/mol. The Balaban J connectivity index is 1.85. The predicted octanol–water partition coefficient (Wildman–Crippen LogP) is 0.761. The molecule has 1 saturated heterocycles. The minimum absolute atomic E-state index is 0.0282. The molecule has 0 radical (unpaired) electrons. The molecule has 1 fully saturated rings. The SMILES string of the molecule is NC(=O)C1CN(Cc2ccc(Br)cn2)C1. The van der Waals surface area contributed by atoms with Gasteiger partial charge in [-0.1, -0.05) is 0 Å². The van der Waals surface area contributed by atoms with Gasteiger partial charge in [0.15, 0.2) is 0 Å². The quantitative estimate of drug-likeness (QED) is 0.882. The van der Waals surface area contributed by atoms with Crippen LogP contribution < -0.4 is 5.73 Å². The Kier molecular flexibility index (Phi) is 3.02. The number of amides is 1. The molecular formula is C10H12BrN3O. The van der Waals surface area contributed by atoms with Gasteiger partial charge in [0, 0.05) is 30.3 Å². The molecule has 0 spiro atoms. The molecule has 0 bridgehead atoms. The second-order valence-electron chi connectivity index (χ2n) is 3.76. The molecule has 1 aliphatic rings. The first kappa shape index (κ1) is 10.6. The Morgan fingerprint density at radius 1 is 1.60 bits per heavy atom. The summed E-state index contributed by atoms with van der Waals surface area (Å²) in [5.74, 6) is -0.171. The molecule has 2 heterocycles. The van der Waals surface area contributed by atoms with E-state index >= 15 is 0 Å². The van der Waals surface area contributed by atoms with Crippen molar-refractivity contribution in [2.75, 3.05) is 13.1 Å². The van der Waals surface area contributed by atoms with Gasteiger partial charge in [-0.2, -0.15) is 0 Å². The van der Waals surface area contributed by atoms with Crippen molar-refractivity contribution >= 4 is 21.8 Å². The number of carbonyl (C=O) groups is 1. The van der Waals surface area contributed by atoms with Crippen LogP contribution in [-0.4, -0.2) is 28.9 Å².